The Morgan fingerprint density at radius 3 is 1.55 bits per heavy atom. The van der Waals surface area contributed by atoms with Crippen LogP contribution < -0.4 is 0 Å². The highest BCUT2D eigenvalue weighted by Crippen LogP contribution is 2.50. The molecule has 0 amide bonds. The van der Waals surface area contributed by atoms with Crippen molar-refractivity contribution in [2.75, 3.05) is 0 Å². The second kappa shape index (κ2) is 11.9. The molecule has 12 rings (SSSR count). The second-order valence-corrected chi connectivity index (χ2v) is 14.4. The maximum Gasteiger partial charge on any atom is 0.164 e. The zero-order chi connectivity index (χ0) is 36.7. The molecule has 11 aromatic rings. The van der Waals surface area contributed by atoms with Gasteiger partial charge in [0.15, 0.2) is 17.5 Å². The molecule has 0 radical (unpaired) electrons. The van der Waals surface area contributed by atoms with Crippen LogP contribution in [0.1, 0.15) is 0 Å². The molecule has 1 aliphatic rings. The van der Waals surface area contributed by atoms with Crippen LogP contribution in [-0.4, -0.2) is 24.1 Å². The number of nitrogens with zero attached hydrogens (tertiary/aromatic N) is 5. The van der Waals surface area contributed by atoms with Gasteiger partial charge in [0.05, 0.1) is 27.8 Å². The van der Waals surface area contributed by atoms with Crippen molar-refractivity contribution in [1.82, 2.24) is 24.1 Å². The number of benzene rings is 8. The summed E-state index contributed by atoms with van der Waals surface area (Å²) in [6.07, 6.45) is 0. The Morgan fingerprint density at radius 1 is 0.321 bits per heavy atom. The smallest absolute Gasteiger partial charge is 0.164 e. The topological polar surface area (TPSA) is 48.5 Å². The van der Waals surface area contributed by atoms with Gasteiger partial charge in [-0.2, -0.15) is 0 Å². The van der Waals surface area contributed by atoms with Crippen molar-refractivity contribution < 1.29 is 0 Å². The van der Waals surface area contributed by atoms with Gasteiger partial charge in [0.1, 0.15) is 0 Å². The van der Waals surface area contributed by atoms with Gasteiger partial charge in [-0.3, -0.25) is 0 Å². The van der Waals surface area contributed by atoms with Crippen LogP contribution in [0.3, 0.4) is 0 Å². The van der Waals surface area contributed by atoms with E-state index in [2.05, 4.69) is 137 Å². The van der Waals surface area contributed by atoms with E-state index in [1.807, 2.05) is 60.7 Å². The van der Waals surface area contributed by atoms with Crippen LogP contribution in [0.5, 0.6) is 0 Å². The summed E-state index contributed by atoms with van der Waals surface area (Å²) in [5, 5.41) is 4.92. The van der Waals surface area contributed by atoms with Gasteiger partial charge in [0.2, 0.25) is 0 Å². The molecule has 1 aliphatic heterocycles. The highest BCUT2D eigenvalue weighted by atomic mass is 15.0. The third-order valence-corrected chi connectivity index (χ3v) is 11.3. The van der Waals surface area contributed by atoms with E-state index in [-0.39, 0.29) is 0 Å². The van der Waals surface area contributed by atoms with Crippen molar-refractivity contribution in [3.8, 4) is 67.8 Å². The lowest BCUT2D eigenvalue weighted by Crippen LogP contribution is -2.01. The van der Waals surface area contributed by atoms with Crippen molar-refractivity contribution in [3.63, 3.8) is 0 Å². The molecular weight excluding hydrogens is 683 g/mol. The van der Waals surface area contributed by atoms with Crippen LogP contribution in [-0.2, 0) is 0 Å². The van der Waals surface area contributed by atoms with Crippen LogP contribution >= 0.6 is 0 Å². The lowest BCUT2D eigenvalue weighted by Gasteiger charge is -2.16. The van der Waals surface area contributed by atoms with Crippen molar-refractivity contribution in [2.45, 2.75) is 0 Å². The van der Waals surface area contributed by atoms with Gasteiger partial charge in [0.25, 0.3) is 0 Å². The SMILES string of the molecule is c1ccc(-c2nc(-c3ccccc3)nc(-c3cccc(-n4c5ccccc5c5ccc6c(c54)-c4cccc5c7ccccc7n(c45)-c4ccccc4-6)c3)n2)cc1. The van der Waals surface area contributed by atoms with Gasteiger partial charge in [-0.1, -0.05) is 158 Å². The zero-order valence-corrected chi connectivity index (χ0v) is 30.1. The van der Waals surface area contributed by atoms with E-state index in [0.717, 1.165) is 27.9 Å². The lowest BCUT2D eigenvalue weighted by molar-refractivity contribution is 1.07. The van der Waals surface area contributed by atoms with Gasteiger partial charge >= 0.3 is 0 Å². The number of fused-ring (bicyclic) bond motifs is 12. The monoisotopic (exact) mass is 713 g/mol. The molecular formula is C51H31N5. The van der Waals surface area contributed by atoms with E-state index in [1.54, 1.807) is 0 Å². The summed E-state index contributed by atoms with van der Waals surface area (Å²) in [5.41, 5.74) is 14.6. The van der Waals surface area contributed by atoms with Gasteiger partial charge < -0.3 is 9.13 Å². The Labute approximate surface area is 322 Å². The van der Waals surface area contributed by atoms with Gasteiger partial charge in [-0.05, 0) is 35.9 Å². The summed E-state index contributed by atoms with van der Waals surface area (Å²) in [6.45, 7) is 0. The first kappa shape index (κ1) is 30.8. The number of aromatic nitrogens is 5. The van der Waals surface area contributed by atoms with Crippen LogP contribution in [0.15, 0.2) is 188 Å². The van der Waals surface area contributed by atoms with Gasteiger partial charge in [-0.15, -0.1) is 0 Å². The number of hydrogen-bond donors (Lipinski definition) is 0. The van der Waals surface area contributed by atoms with E-state index in [4.69, 9.17) is 15.0 Å². The minimum Gasteiger partial charge on any atom is -0.309 e. The van der Waals surface area contributed by atoms with Crippen LogP contribution in [0, 0.1) is 0 Å². The fourth-order valence-corrected chi connectivity index (χ4v) is 8.91. The molecule has 0 unspecified atom stereocenters. The second-order valence-electron chi connectivity index (χ2n) is 14.4. The van der Waals surface area contributed by atoms with E-state index in [1.165, 1.54) is 66.0 Å². The Morgan fingerprint density at radius 2 is 0.839 bits per heavy atom. The average molecular weight is 714 g/mol. The number of para-hydroxylation sites is 4. The third kappa shape index (κ3) is 4.46. The number of rotatable bonds is 4. The first-order valence-electron chi connectivity index (χ1n) is 19.0. The first-order chi connectivity index (χ1) is 27.8. The zero-order valence-electron chi connectivity index (χ0n) is 30.1. The lowest BCUT2D eigenvalue weighted by atomic mass is 9.91. The van der Waals surface area contributed by atoms with Crippen molar-refractivity contribution in [2.24, 2.45) is 0 Å². The van der Waals surface area contributed by atoms with E-state index in [9.17, 15) is 0 Å². The quantitative estimate of drug-likeness (QED) is 0.182. The molecule has 0 bridgehead atoms. The first-order valence-corrected chi connectivity index (χ1v) is 19.0. The average Bonchev–Trinajstić information content (AvgIpc) is 3.76. The molecule has 3 aromatic heterocycles. The van der Waals surface area contributed by atoms with Crippen LogP contribution in [0.25, 0.3) is 111 Å². The van der Waals surface area contributed by atoms with Crippen LogP contribution in [0.2, 0.25) is 0 Å². The van der Waals surface area contributed by atoms with E-state index < -0.39 is 0 Å². The molecule has 5 nitrogen and oxygen atoms in total. The maximum absolute atomic E-state index is 5.09. The predicted molar refractivity (Wildman–Crippen MR) is 229 cm³/mol. The molecule has 56 heavy (non-hydrogen) atoms. The summed E-state index contributed by atoms with van der Waals surface area (Å²) in [6, 6.07) is 66.8. The van der Waals surface area contributed by atoms with Crippen molar-refractivity contribution in [1.29, 1.82) is 0 Å². The Kier molecular flexibility index (Phi) is 6.56. The maximum atomic E-state index is 5.09. The normalized spacial score (nSPS) is 11.9. The van der Waals surface area contributed by atoms with Gasteiger partial charge in [0, 0.05) is 60.6 Å². The molecule has 0 N–H and O–H groups in total. The summed E-state index contributed by atoms with van der Waals surface area (Å²) in [4.78, 5) is 15.1. The molecule has 0 saturated carbocycles. The molecule has 0 saturated heterocycles. The number of hydrogen-bond acceptors (Lipinski definition) is 3. The fraction of sp³-hybridized carbons (Fsp3) is 0. The summed E-state index contributed by atoms with van der Waals surface area (Å²) in [5.74, 6) is 1.91. The highest BCUT2D eigenvalue weighted by molar-refractivity contribution is 6.22. The Bertz CT molecular complexity index is 3300. The van der Waals surface area contributed by atoms with Gasteiger partial charge in [-0.25, -0.2) is 15.0 Å². The molecule has 0 aliphatic carbocycles. The van der Waals surface area contributed by atoms with E-state index >= 15 is 0 Å². The highest BCUT2D eigenvalue weighted by Gasteiger charge is 2.28. The minimum absolute atomic E-state index is 0.627. The summed E-state index contributed by atoms with van der Waals surface area (Å²) in [7, 11) is 0. The molecule has 4 heterocycles. The van der Waals surface area contributed by atoms with Crippen molar-refractivity contribution in [3.05, 3.63) is 188 Å². The minimum atomic E-state index is 0.627. The Balaban J connectivity index is 1.17. The summed E-state index contributed by atoms with van der Waals surface area (Å²) >= 11 is 0. The Hall–Kier alpha value is -7.63. The largest absolute Gasteiger partial charge is 0.309 e. The molecule has 0 fully saturated rings. The summed E-state index contributed by atoms with van der Waals surface area (Å²) < 4.78 is 4.92. The standard InChI is InChI=1S/C51H31N5/c1-3-15-32(16-4-1)49-52-50(33-17-5-2-6-18-33)54-51(53-49)34-19-13-20-35(31-34)55-43-26-10-8-23-38(43)41-30-29-39-36-21-7-11-27-44(36)56-45-28-12-9-22-37(45)40-24-14-25-42(47(40)56)46(39)48(41)55/h1-31H. The van der Waals surface area contributed by atoms with Crippen LogP contribution in [0.4, 0.5) is 0 Å². The molecule has 5 heteroatoms. The molecule has 8 aromatic carbocycles. The molecule has 0 atom stereocenters. The molecule has 0 spiro atoms. The third-order valence-electron chi connectivity index (χ3n) is 11.3. The molecule has 260 valence electrons. The fourth-order valence-electron chi connectivity index (χ4n) is 8.91. The van der Waals surface area contributed by atoms with Crippen molar-refractivity contribution >= 4 is 43.6 Å². The van der Waals surface area contributed by atoms with E-state index in [0.29, 0.717) is 17.5 Å². The predicted octanol–water partition coefficient (Wildman–Crippen LogP) is 12.7.